The highest BCUT2D eigenvalue weighted by Gasteiger charge is 2.15. The Balaban J connectivity index is 1.70. The maximum absolute atomic E-state index is 12.5. The SMILES string of the molecule is CCCc1ccc(S(=O)(=O)Nc2ccn(Cc3ccc(Br)cc3)n2)cc1. The van der Waals surface area contributed by atoms with E-state index >= 15 is 0 Å². The first-order valence-electron chi connectivity index (χ1n) is 8.36. The third-order valence-corrected chi connectivity index (χ3v) is 5.81. The molecule has 0 aliphatic heterocycles. The Hall–Kier alpha value is -2.12. The summed E-state index contributed by atoms with van der Waals surface area (Å²) in [5, 5.41) is 4.30. The first-order valence-corrected chi connectivity index (χ1v) is 10.6. The summed E-state index contributed by atoms with van der Waals surface area (Å²) >= 11 is 3.40. The molecule has 0 saturated heterocycles. The Morgan fingerprint density at radius 3 is 2.31 bits per heavy atom. The zero-order chi connectivity index (χ0) is 18.6. The molecule has 0 unspecified atom stereocenters. The smallest absolute Gasteiger partial charge is 0.263 e. The average Bonchev–Trinajstić information content (AvgIpc) is 3.04. The van der Waals surface area contributed by atoms with E-state index in [0.29, 0.717) is 12.4 Å². The number of nitrogens with one attached hydrogen (secondary N) is 1. The summed E-state index contributed by atoms with van der Waals surface area (Å²) in [7, 11) is -3.64. The maximum atomic E-state index is 12.5. The van der Waals surface area contributed by atoms with Gasteiger partial charge in [0.25, 0.3) is 10.0 Å². The van der Waals surface area contributed by atoms with Crippen molar-refractivity contribution in [3.8, 4) is 0 Å². The molecule has 3 aromatic rings. The van der Waals surface area contributed by atoms with Crippen LogP contribution in [0.1, 0.15) is 24.5 Å². The molecular weight excluding hydrogens is 414 g/mol. The minimum absolute atomic E-state index is 0.236. The van der Waals surface area contributed by atoms with E-state index in [-0.39, 0.29) is 4.90 Å². The van der Waals surface area contributed by atoms with Crippen LogP contribution in [0.5, 0.6) is 0 Å². The molecule has 0 amide bonds. The van der Waals surface area contributed by atoms with Gasteiger partial charge in [-0.05, 0) is 41.8 Å². The van der Waals surface area contributed by atoms with Crippen molar-refractivity contribution in [1.82, 2.24) is 9.78 Å². The predicted octanol–water partition coefficient (Wildman–Crippen LogP) is 4.45. The van der Waals surface area contributed by atoms with E-state index in [2.05, 4.69) is 32.7 Å². The average molecular weight is 434 g/mol. The van der Waals surface area contributed by atoms with Crippen LogP contribution in [0.2, 0.25) is 0 Å². The molecule has 26 heavy (non-hydrogen) atoms. The van der Waals surface area contributed by atoms with Gasteiger partial charge in [-0.15, -0.1) is 0 Å². The summed E-state index contributed by atoms with van der Waals surface area (Å²) in [5.41, 5.74) is 2.21. The van der Waals surface area contributed by atoms with Crippen molar-refractivity contribution >= 4 is 31.8 Å². The molecule has 136 valence electrons. The highest BCUT2D eigenvalue weighted by atomic mass is 79.9. The number of sulfonamides is 1. The second kappa shape index (κ2) is 8.05. The van der Waals surface area contributed by atoms with Crippen molar-refractivity contribution in [2.24, 2.45) is 0 Å². The van der Waals surface area contributed by atoms with Crippen LogP contribution in [0, 0.1) is 0 Å². The first-order chi connectivity index (χ1) is 12.5. The summed E-state index contributed by atoms with van der Waals surface area (Å²) in [4.78, 5) is 0.236. The van der Waals surface area contributed by atoms with Gasteiger partial charge in [0.05, 0.1) is 11.4 Å². The Morgan fingerprint density at radius 1 is 1.00 bits per heavy atom. The lowest BCUT2D eigenvalue weighted by molar-refractivity contribution is 0.600. The van der Waals surface area contributed by atoms with Gasteiger partial charge in [-0.2, -0.15) is 5.10 Å². The lowest BCUT2D eigenvalue weighted by Gasteiger charge is -2.07. The van der Waals surface area contributed by atoms with Gasteiger partial charge in [0.2, 0.25) is 0 Å². The van der Waals surface area contributed by atoms with Crippen LogP contribution in [-0.4, -0.2) is 18.2 Å². The number of hydrogen-bond donors (Lipinski definition) is 1. The van der Waals surface area contributed by atoms with E-state index in [4.69, 9.17) is 0 Å². The second-order valence-corrected chi connectivity index (χ2v) is 8.62. The van der Waals surface area contributed by atoms with E-state index in [0.717, 1.165) is 28.4 Å². The molecule has 1 aromatic heterocycles. The minimum Gasteiger partial charge on any atom is -0.266 e. The van der Waals surface area contributed by atoms with Crippen LogP contribution in [0.25, 0.3) is 0 Å². The first kappa shape index (κ1) is 18.7. The predicted molar refractivity (Wildman–Crippen MR) is 107 cm³/mol. The summed E-state index contributed by atoms with van der Waals surface area (Å²) in [6.45, 7) is 2.66. The molecule has 1 N–H and O–H groups in total. The van der Waals surface area contributed by atoms with E-state index in [1.807, 2.05) is 36.4 Å². The number of aryl methyl sites for hydroxylation is 1. The summed E-state index contributed by atoms with van der Waals surface area (Å²) in [6.07, 6.45) is 3.72. The van der Waals surface area contributed by atoms with E-state index < -0.39 is 10.0 Å². The zero-order valence-electron chi connectivity index (χ0n) is 14.4. The summed E-state index contributed by atoms with van der Waals surface area (Å²) in [5.74, 6) is 0.305. The van der Waals surface area contributed by atoms with Gasteiger partial charge in [0.15, 0.2) is 5.82 Å². The normalized spacial score (nSPS) is 11.5. The van der Waals surface area contributed by atoms with Crippen molar-refractivity contribution in [2.75, 3.05) is 4.72 Å². The van der Waals surface area contributed by atoms with Gasteiger partial charge in [0, 0.05) is 16.7 Å². The van der Waals surface area contributed by atoms with Gasteiger partial charge in [-0.3, -0.25) is 9.40 Å². The van der Waals surface area contributed by atoms with Gasteiger partial charge in [-0.25, -0.2) is 8.42 Å². The maximum Gasteiger partial charge on any atom is 0.263 e. The van der Waals surface area contributed by atoms with Crippen molar-refractivity contribution in [3.05, 3.63) is 76.4 Å². The summed E-state index contributed by atoms with van der Waals surface area (Å²) in [6, 6.07) is 16.5. The fourth-order valence-electron chi connectivity index (χ4n) is 2.60. The fourth-order valence-corrected chi connectivity index (χ4v) is 3.86. The topological polar surface area (TPSA) is 64.0 Å². The zero-order valence-corrected chi connectivity index (χ0v) is 16.8. The molecule has 0 aliphatic rings. The fraction of sp³-hybridized carbons (Fsp3) is 0.211. The molecule has 0 bridgehead atoms. The molecular formula is C19H20BrN3O2S. The monoisotopic (exact) mass is 433 g/mol. The van der Waals surface area contributed by atoms with Gasteiger partial charge < -0.3 is 0 Å². The molecule has 0 aliphatic carbocycles. The Bertz CT molecular complexity index is 965. The van der Waals surface area contributed by atoms with Crippen molar-refractivity contribution in [2.45, 2.75) is 31.2 Å². The lowest BCUT2D eigenvalue weighted by atomic mass is 10.1. The minimum atomic E-state index is -3.64. The number of benzene rings is 2. The number of aromatic nitrogens is 2. The highest BCUT2D eigenvalue weighted by Crippen LogP contribution is 2.17. The molecule has 2 aromatic carbocycles. The number of nitrogens with zero attached hydrogens (tertiary/aromatic N) is 2. The Labute approximate surface area is 162 Å². The number of anilines is 1. The third kappa shape index (κ3) is 4.74. The highest BCUT2D eigenvalue weighted by molar-refractivity contribution is 9.10. The van der Waals surface area contributed by atoms with E-state index in [1.54, 1.807) is 29.1 Å². The van der Waals surface area contributed by atoms with Crippen LogP contribution in [0.3, 0.4) is 0 Å². The summed E-state index contributed by atoms with van der Waals surface area (Å²) < 4.78 is 30.3. The van der Waals surface area contributed by atoms with Gasteiger partial charge in [0.1, 0.15) is 0 Å². The van der Waals surface area contributed by atoms with Gasteiger partial charge >= 0.3 is 0 Å². The molecule has 0 radical (unpaired) electrons. The van der Waals surface area contributed by atoms with Crippen LogP contribution >= 0.6 is 15.9 Å². The number of hydrogen-bond acceptors (Lipinski definition) is 3. The quantitative estimate of drug-likeness (QED) is 0.598. The molecule has 0 atom stereocenters. The number of halogens is 1. The van der Waals surface area contributed by atoms with E-state index in [1.165, 1.54) is 0 Å². The van der Waals surface area contributed by atoms with Crippen LogP contribution < -0.4 is 4.72 Å². The molecule has 1 heterocycles. The third-order valence-electron chi connectivity index (χ3n) is 3.91. The van der Waals surface area contributed by atoms with Gasteiger partial charge in [-0.1, -0.05) is 53.5 Å². The van der Waals surface area contributed by atoms with Crippen LogP contribution in [0.4, 0.5) is 5.82 Å². The molecule has 0 spiro atoms. The van der Waals surface area contributed by atoms with Crippen LogP contribution in [0.15, 0.2) is 70.2 Å². The standard InChI is InChI=1S/C19H20BrN3O2S/c1-2-3-15-6-10-18(11-7-15)26(24,25)22-19-12-13-23(21-19)14-16-4-8-17(20)9-5-16/h4-13H,2-3,14H2,1H3,(H,21,22). The van der Waals surface area contributed by atoms with Crippen molar-refractivity contribution in [1.29, 1.82) is 0 Å². The molecule has 3 rings (SSSR count). The lowest BCUT2D eigenvalue weighted by Crippen LogP contribution is -2.14. The molecule has 7 heteroatoms. The van der Waals surface area contributed by atoms with Crippen molar-refractivity contribution < 1.29 is 8.42 Å². The molecule has 0 fully saturated rings. The second-order valence-electron chi connectivity index (χ2n) is 6.02. The Kier molecular flexibility index (Phi) is 5.78. The van der Waals surface area contributed by atoms with Crippen molar-refractivity contribution in [3.63, 3.8) is 0 Å². The Morgan fingerprint density at radius 2 is 1.65 bits per heavy atom. The van der Waals surface area contributed by atoms with E-state index in [9.17, 15) is 8.42 Å². The molecule has 0 saturated carbocycles. The van der Waals surface area contributed by atoms with Crippen LogP contribution in [-0.2, 0) is 23.0 Å². The number of rotatable bonds is 7. The molecule has 5 nitrogen and oxygen atoms in total. The largest absolute Gasteiger partial charge is 0.266 e.